The minimum Gasteiger partial charge on any atom is -0.443 e. The SMILES string of the molecule is CC(C)(C)OC(=O)N1CCC(B2OC(C)(C)C(C)(C)O2)=CS1(C)F. The molecule has 0 bridgehead atoms. The van der Waals surface area contributed by atoms with E-state index in [1.165, 1.54) is 16.0 Å². The van der Waals surface area contributed by atoms with Crippen molar-refractivity contribution in [3.63, 3.8) is 0 Å². The van der Waals surface area contributed by atoms with Crippen molar-refractivity contribution < 1.29 is 22.7 Å². The monoisotopic (exact) mass is 361 g/mol. The highest BCUT2D eigenvalue weighted by Gasteiger charge is 2.53. The molecule has 0 saturated carbocycles. The van der Waals surface area contributed by atoms with Crippen LogP contribution in [0.2, 0.25) is 0 Å². The van der Waals surface area contributed by atoms with Gasteiger partial charge >= 0.3 is 13.2 Å². The summed E-state index contributed by atoms with van der Waals surface area (Å²) >= 11 is 0. The predicted molar refractivity (Wildman–Crippen MR) is 96.3 cm³/mol. The average molecular weight is 361 g/mol. The van der Waals surface area contributed by atoms with E-state index >= 15 is 3.89 Å². The molecule has 0 spiro atoms. The third kappa shape index (κ3) is 3.91. The molecule has 1 fully saturated rings. The molecule has 1 atom stereocenters. The van der Waals surface area contributed by atoms with Crippen LogP contribution in [-0.4, -0.2) is 47.1 Å². The Kier molecular flexibility index (Phi) is 4.83. The second kappa shape index (κ2) is 5.92. The Morgan fingerprint density at radius 3 is 2.21 bits per heavy atom. The lowest BCUT2D eigenvalue weighted by Crippen LogP contribution is -2.41. The van der Waals surface area contributed by atoms with Crippen molar-refractivity contribution in [3.05, 3.63) is 10.9 Å². The van der Waals surface area contributed by atoms with Gasteiger partial charge in [0.25, 0.3) is 0 Å². The molecule has 8 heteroatoms. The second-order valence-electron chi connectivity index (χ2n) is 8.45. The number of carbonyl (C=O) groups is 1. The maximum Gasteiger partial charge on any atom is 0.491 e. The molecule has 0 aromatic heterocycles. The van der Waals surface area contributed by atoms with Crippen LogP contribution in [-0.2, 0) is 14.0 Å². The summed E-state index contributed by atoms with van der Waals surface area (Å²) < 4.78 is 33.7. The topological polar surface area (TPSA) is 48.0 Å². The van der Waals surface area contributed by atoms with E-state index in [0.29, 0.717) is 6.42 Å². The summed E-state index contributed by atoms with van der Waals surface area (Å²) in [4.78, 5) is 12.3. The van der Waals surface area contributed by atoms with Crippen LogP contribution in [0.4, 0.5) is 8.68 Å². The summed E-state index contributed by atoms with van der Waals surface area (Å²) in [6.07, 6.45) is 1.32. The molecule has 0 radical (unpaired) electrons. The number of hydrogen-bond donors (Lipinski definition) is 0. The molecule has 2 aliphatic heterocycles. The van der Waals surface area contributed by atoms with Crippen LogP contribution in [0.25, 0.3) is 0 Å². The molecule has 138 valence electrons. The molecule has 1 saturated heterocycles. The van der Waals surface area contributed by atoms with Crippen molar-refractivity contribution in [2.24, 2.45) is 0 Å². The summed E-state index contributed by atoms with van der Waals surface area (Å²) in [5.41, 5.74) is -0.831. The first-order valence-corrected chi connectivity index (χ1v) is 10.2. The summed E-state index contributed by atoms with van der Waals surface area (Å²) in [7, 11) is -3.49. The van der Waals surface area contributed by atoms with Gasteiger partial charge in [0.15, 0.2) is 0 Å². The molecule has 1 unspecified atom stereocenters. The number of rotatable bonds is 1. The lowest BCUT2D eigenvalue weighted by Gasteiger charge is -2.40. The van der Waals surface area contributed by atoms with E-state index in [-0.39, 0.29) is 6.54 Å². The molecule has 2 aliphatic rings. The number of nitrogens with zero attached hydrogens (tertiary/aromatic N) is 1. The first-order chi connectivity index (χ1) is 10.6. The summed E-state index contributed by atoms with van der Waals surface area (Å²) in [5, 5.41) is 1.50. The molecule has 24 heavy (non-hydrogen) atoms. The molecule has 0 aromatic carbocycles. The smallest absolute Gasteiger partial charge is 0.443 e. The van der Waals surface area contributed by atoms with Crippen molar-refractivity contribution in [2.45, 2.75) is 71.7 Å². The van der Waals surface area contributed by atoms with Crippen LogP contribution < -0.4 is 0 Å². The largest absolute Gasteiger partial charge is 0.491 e. The quantitative estimate of drug-likeness (QED) is 0.651. The molecular weight excluding hydrogens is 332 g/mol. The lowest BCUT2D eigenvalue weighted by atomic mass is 9.77. The Hall–Kier alpha value is -0.725. The van der Waals surface area contributed by atoms with Crippen molar-refractivity contribution in [1.82, 2.24) is 4.31 Å². The van der Waals surface area contributed by atoms with E-state index < -0.39 is 40.6 Å². The Morgan fingerprint density at radius 1 is 1.29 bits per heavy atom. The van der Waals surface area contributed by atoms with Crippen LogP contribution in [0, 0.1) is 0 Å². The molecular formula is C16H29BFNO4S. The maximum atomic E-state index is 15.2. The van der Waals surface area contributed by atoms with Gasteiger partial charge in [-0.2, -0.15) is 3.89 Å². The number of carbonyl (C=O) groups excluding carboxylic acids is 1. The molecule has 2 heterocycles. The highest BCUT2D eigenvalue weighted by molar-refractivity contribution is 8.29. The zero-order valence-corrected chi connectivity index (χ0v) is 16.8. The van der Waals surface area contributed by atoms with Crippen LogP contribution in [0.15, 0.2) is 10.9 Å². The first-order valence-electron chi connectivity index (χ1n) is 8.19. The van der Waals surface area contributed by atoms with Gasteiger partial charge in [-0.25, -0.2) is 9.10 Å². The van der Waals surface area contributed by atoms with Gasteiger partial charge in [-0.1, -0.05) is 0 Å². The van der Waals surface area contributed by atoms with Gasteiger partial charge in [-0.15, -0.1) is 0 Å². The zero-order valence-electron chi connectivity index (χ0n) is 15.9. The van der Waals surface area contributed by atoms with Crippen LogP contribution in [0.1, 0.15) is 54.9 Å². The van der Waals surface area contributed by atoms with Gasteiger partial charge in [-0.3, -0.25) is 0 Å². The summed E-state index contributed by atoms with van der Waals surface area (Å²) in [5.74, 6) is 0. The molecule has 0 N–H and O–H groups in total. The average Bonchev–Trinajstić information content (AvgIpc) is 2.54. The third-order valence-corrected chi connectivity index (χ3v) is 6.48. The van der Waals surface area contributed by atoms with E-state index in [0.717, 1.165) is 5.47 Å². The summed E-state index contributed by atoms with van der Waals surface area (Å²) in [6.45, 7) is 13.4. The van der Waals surface area contributed by atoms with Gasteiger partial charge in [0, 0.05) is 23.4 Å². The van der Waals surface area contributed by atoms with Gasteiger partial charge < -0.3 is 14.0 Å². The predicted octanol–water partition coefficient (Wildman–Crippen LogP) is 4.38. The Labute approximate surface area is 146 Å². The van der Waals surface area contributed by atoms with Gasteiger partial charge in [0.2, 0.25) is 0 Å². The van der Waals surface area contributed by atoms with Crippen LogP contribution in [0.5, 0.6) is 0 Å². The Balaban J connectivity index is 2.17. The zero-order chi connectivity index (χ0) is 18.6. The fraction of sp³-hybridized carbons (Fsp3) is 0.812. The van der Waals surface area contributed by atoms with Crippen molar-refractivity contribution in [1.29, 1.82) is 0 Å². The molecule has 0 aromatic rings. The molecule has 1 amide bonds. The lowest BCUT2D eigenvalue weighted by molar-refractivity contribution is 0.00578. The van der Waals surface area contributed by atoms with Crippen molar-refractivity contribution in [2.75, 3.05) is 12.8 Å². The van der Waals surface area contributed by atoms with Gasteiger partial charge in [0.1, 0.15) is 5.60 Å². The fourth-order valence-electron chi connectivity index (χ4n) is 2.53. The van der Waals surface area contributed by atoms with E-state index in [1.54, 1.807) is 20.8 Å². The van der Waals surface area contributed by atoms with Crippen molar-refractivity contribution >= 4 is 23.8 Å². The summed E-state index contributed by atoms with van der Waals surface area (Å²) in [6, 6.07) is 0. The third-order valence-electron chi connectivity index (χ3n) is 4.55. The van der Waals surface area contributed by atoms with Gasteiger partial charge in [0.05, 0.1) is 11.2 Å². The Bertz CT molecular complexity index is 541. The minimum absolute atomic E-state index is 0.257. The van der Waals surface area contributed by atoms with E-state index in [2.05, 4.69) is 0 Å². The molecule has 5 nitrogen and oxygen atoms in total. The number of halogens is 1. The van der Waals surface area contributed by atoms with Crippen LogP contribution in [0.3, 0.4) is 0 Å². The maximum absolute atomic E-state index is 15.2. The number of amides is 1. The number of ether oxygens (including phenoxy) is 1. The standard InChI is InChI=1S/C16H29BFNO4S/c1-14(2,3)21-13(20)19-10-9-12(11-24(19,8)18)17-22-15(4,5)16(6,7)23-17/h11H,9-10H2,1-8H3. The van der Waals surface area contributed by atoms with E-state index in [1.807, 2.05) is 27.7 Å². The number of hydrogen-bond acceptors (Lipinski definition) is 4. The van der Waals surface area contributed by atoms with Crippen LogP contribution >= 0.6 is 10.6 Å². The molecule has 0 aliphatic carbocycles. The molecule has 2 rings (SSSR count). The highest BCUT2D eigenvalue weighted by Crippen LogP contribution is 2.56. The minimum atomic E-state index is -2.92. The highest BCUT2D eigenvalue weighted by atomic mass is 32.3. The normalized spacial score (nSPS) is 32.1. The van der Waals surface area contributed by atoms with E-state index in [4.69, 9.17) is 14.0 Å². The van der Waals surface area contributed by atoms with E-state index in [9.17, 15) is 4.79 Å². The second-order valence-corrected chi connectivity index (χ2v) is 10.8. The van der Waals surface area contributed by atoms with Crippen molar-refractivity contribution in [3.8, 4) is 0 Å². The fourth-order valence-corrected chi connectivity index (χ4v) is 4.21. The van der Waals surface area contributed by atoms with Gasteiger partial charge in [-0.05, 0) is 65.8 Å². The first kappa shape index (κ1) is 19.6. The Morgan fingerprint density at radius 2 is 1.79 bits per heavy atom.